The fraction of sp³-hybridized carbons (Fsp3) is 0.667. The Bertz CT molecular complexity index is 838. The number of sulfonamides is 1. The van der Waals surface area contributed by atoms with Gasteiger partial charge in [-0.2, -0.15) is 0 Å². The molecule has 1 unspecified atom stereocenters. The Kier molecular flexibility index (Phi) is 7.55. The van der Waals surface area contributed by atoms with Crippen LogP contribution in [0, 0.1) is 0 Å². The van der Waals surface area contributed by atoms with Gasteiger partial charge in [0.1, 0.15) is 12.1 Å². The number of hydrogen-bond donors (Lipinski definition) is 1. The van der Waals surface area contributed by atoms with E-state index in [1.807, 2.05) is 6.07 Å². The van der Waals surface area contributed by atoms with Gasteiger partial charge in [-0.1, -0.05) is 11.6 Å². The Labute approximate surface area is 180 Å². The van der Waals surface area contributed by atoms with Gasteiger partial charge in [0.15, 0.2) is 0 Å². The molecule has 3 heterocycles. The smallest absolute Gasteiger partial charge is 0.245 e. The molecule has 0 radical (unpaired) electrons. The Balaban J connectivity index is 1.49. The second-order valence-electron chi connectivity index (χ2n) is 7.23. The van der Waals surface area contributed by atoms with Crippen molar-refractivity contribution in [1.82, 2.24) is 14.5 Å². The highest BCUT2D eigenvalue weighted by Gasteiger charge is 2.39. The van der Waals surface area contributed by atoms with Gasteiger partial charge in [0.05, 0.1) is 23.3 Å². The van der Waals surface area contributed by atoms with Crippen LogP contribution in [0.5, 0.6) is 0 Å². The van der Waals surface area contributed by atoms with E-state index in [4.69, 9.17) is 16.3 Å². The summed E-state index contributed by atoms with van der Waals surface area (Å²) in [5.41, 5.74) is 0. The second kappa shape index (κ2) is 9.74. The molecule has 1 aromatic rings. The lowest BCUT2D eigenvalue weighted by atomic mass is 10.2. The summed E-state index contributed by atoms with van der Waals surface area (Å²) in [5.74, 6) is -0.526. The molecule has 11 heteroatoms. The highest BCUT2D eigenvalue weighted by Crippen LogP contribution is 2.23. The molecule has 2 aliphatic heterocycles. The molecule has 2 aliphatic rings. The van der Waals surface area contributed by atoms with E-state index in [0.717, 1.165) is 4.88 Å². The van der Waals surface area contributed by atoms with Crippen molar-refractivity contribution in [3.63, 3.8) is 0 Å². The average Bonchev–Trinajstić information content (AvgIpc) is 3.26. The van der Waals surface area contributed by atoms with E-state index < -0.39 is 22.1 Å². The maximum Gasteiger partial charge on any atom is 0.245 e. The Hall–Kier alpha value is -1.20. The van der Waals surface area contributed by atoms with Crippen molar-refractivity contribution in [2.24, 2.45) is 0 Å². The number of aryl methyl sites for hydroxylation is 1. The lowest BCUT2D eigenvalue weighted by molar-refractivity contribution is -0.146. The molecule has 8 nitrogen and oxygen atoms in total. The van der Waals surface area contributed by atoms with Crippen molar-refractivity contribution >= 4 is 44.8 Å². The monoisotopic (exact) mass is 463 g/mol. The minimum absolute atomic E-state index is 0.0610. The lowest BCUT2D eigenvalue weighted by Crippen LogP contribution is -2.52. The molecule has 0 bridgehead atoms. The molecular formula is C18H26ClN3O5S2. The number of nitrogens with one attached hydrogen (secondary N) is 1. The zero-order valence-corrected chi connectivity index (χ0v) is 18.7. The maximum absolute atomic E-state index is 12.7. The van der Waals surface area contributed by atoms with Crippen LogP contribution in [0.1, 0.15) is 24.6 Å². The molecule has 29 heavy (non-hydrogen) atoms. The van der Waals surface area contributed by atoms with E-state index in [0.29, 0.717) is 56.4 Å². The van der Waals surface area contributed by atoms with Gasteiger partial charge in [-0.05, 0) is 38.3 Å². The standard InChI is InChI=1S/C18H26ClN3O5S2/c1-13(17(23)21-8-10-27-11-9-21)22-7-6-15(18(22)24)20-29(25,26)12-2-3-14-4-5-16(19)28-14/h4-5,13,15,20H,2-3,6-12H2,1H3/t13-,15?/m0/s1. The van der Waals surface area contributed by atoms with Crippen molar-refractivity contribution in [1.29, 1.82) is 0 Å². The number of ether oxygens (including phenoxy) is 1. The van der Waals surface area contributed by atoms with Crippen LogP contribution in [-0.2, 0) is 30.8 Å². The molecular weight excluding hydrogens is 438 g/mol. The summed E-state index contributed by atoms with van der Waals surface area (Å²) in [7, 11) is -3.59. The van der Waals surface area contributed by atoms with Crippen LogP contribution in [0.25, 0.3) is 0 Å². The number of hydrogen-bond acceptors (Lipinski definition) is 6. The number of carbonyl (C=O) groups is 2. The van der Waals surface area contributed by atoms with Crippen LogP contribution >= 0.6 is 22.9 Å². The van der Waals surface area contributed by atoms with Gasteiger partial charge in [-0.25, -0.2) is 13.1 Å². The van der Waals surface area contributed by atoms with E-state index in [2.05, 4.69) is 4.72 Å². The molecule has 2 fully saturated rings. The number of likely N-dealkylation sites (tertiary alicyclic amines) is 1. The normalized spacial score (nSPS) is 21.6. The fourth-order valence-corrected chi connectivity index (χ4v) is 6.00. The van der Waals surface area contributed by atoms with Crippen LogP contribution in [0.3, 0.4) is 0 Å². The summed E-state index contributed by atoms with van der Waals surface area (Å²) in [6.45, 7) is 4.06. The molecule has 2 atom stereocenters. The first-order chi connectivity index (χ1) is 13.8. The van der Waals surface area contributed by atoms with Gasteiger partial charge in [0, 0.05) is 24.5 Å². The van der Waals surface area contributed by atoms with Crippen molar-refractivity contribution in [3.8, 4) is 0 Å². The molecule has 3 rings (SSSR count). The van der Waals surface area contributed by atoms with E-state index in [9.17, 15) is 18.0 Å². The van der Waals surface area contributed by atoms with Gasteiger partial charge in [0.2, 0.25) is 21.8 Å². The van der Waals surface area contributed by atoms with E-state index in [1.54, 1.807) is 17.9 Å². The topological polar surface area (TPSA) is 96.0 Å². The molecule has 2 saturated heterocycles. The van der Waals surface area contributed by atoms with Gasteiger partial charge >= 0.3 is 0 Å². The summed E-state index contributed by atoms with van der Waals surface area (Å²) in [6.07, 6.45) is 1.43. The molecule has 2 amide bonds. The Morgan fingerprint density at radius 1 is 1.34 bits per heavy atom. The van der Waals surface area contributed by atoms with Crippen LogP contribution in [-0.4, -0.2) is 80.7 Å². The van der Waals surface area contributed by atoms with Gasteiger partial charge in [-0.3, -0.25) is 9.59 Å². The number of thiophene rings is 1. The van der Waals surface area contributed by atoms with Gasteiger partial charge in [-0.15, -0.1) is 11.3 Å². The van der Waals surface area contributed by atoms with Crippen molar-refractivity contribution in [2.75, 3.05) is 38.6 Å². The van der Waals surface area contributed by atoms with Gasteiger partial charge in [0.25, 0.3) is 0 Å². The van der Waals surface area contributed by atoms with E-state index >= 15 is 0 Å². The molecule has 0 spiro atoms. The third-order valence-corrected chi connectivity index (χ3v) is 7.94. The number of amides is 2. The molecule has 1 N–H and O–H groups in total. The maximum atomic E-state index is 12.7. The summed E-state index contributed by atoms with van der Waals surface area (Å²) in [6, 6.07) is 2.26. The Morgan fingerprint density at radius 2 is 2.07 bits per heavy atom. The third-order valence-electron chi connectivity index (χ3n) is 5.17. The minimum Gasteiger partial charge on any atom is -0.378 e. The summed E-state index contributed by atoms with van der Waals surface area (Å²) in [5, 5.41) is 0. The second-order valence-corrected chi connectivity index (χ2v) is 10.9. The first-order valence-electron chi connectivity index (χ1n) is 9.68. The zero-order valence-electron chi connectivity index (χ0n) is 16.3. The third kappa shape index (κ3) is 5.91. The first-order valence-corrected chi connectivity index (χ1v) is 12.5. The van der Waals surface area contributed by atoms with Gasteiger partial charge < -0.3 is 14.5 Å². The average molecular weight is 464 g/mol. The number of halogens is 1. The van der Waals surface area contributed by atoms with Crippen molar-refractivity contribution in [2.45, 2.75) is 38.3 Å². The Morgan fingerprint density at radius 3 is 2.72 bits per heavy atom. The summed E-state index contributed by atoms with van der Waals surface area (Å²) >= 11 is 7.32. The fourth-order valence-electron chi connectivity index (χ4n) is 3.58. The highest BCUT2D eigenvalue weighted by atomic mass is 35.5. The number of morpholine rings is 1. The lowest BCUT2D eigenvalue weighted by Gasteiger charge is -2.32. The van der Waals surface area contributed by atoms with E-state index in [-0.39, 0.29) is 17.6 Å². The van der Waals surface area contributed by atoms with Crippen LogP contribution < -0.4 is 4.72 Å². The quantitative estimate of drug-likeness (QED) is 0.622. The number of nitrogens with zero attached hydrogens (tertiary/aromatic N) is 2. The predicted octanol–water partition coefficient (Wildman–Crippen LogP) is 1.10. The van der Waals surface area contributed by atoms with Crippen LogP contribution in [0.15, 0.2) is 12.1 Å². The molecule has 0 aromatic carbocycles. The van der Waals surface area contributed by atoms with Crippen molar-refractivity contribution < 1.29 is 22.7 Å². The molecule has 162 valence electrons. The zero-order chi connectivity index (χ0) is 21.0. The summed E-state index contributed by atoms with van der Waals surface area (Å²) < 4.78 is 33.2. The summed E-state index contributed by atoms with van der Waals surface area (Å²) in [4.78, 5) is 29.5. The predicted molar refractivity (Wildman–Crippen MR) is 112 cm³/mol. The minimum atomic E-state index is -3.59. The van der Waals surface area contributed by atoms with Crippen LogP contribution in [0.2, 0.25) is 4.34 Å². The molecule has 1 aromatic heterocycles. The number of rotatable bonds is 8. The van der Waals surface area contributed by atoms with E-state index in [1.165, 1.54) is 16.2 Å². The number of carbonyl (C=O) groups excluding carboxylic acids is 2. The molecule has 0 aliphatic carbocycles. The van der Waals surface area contributed by atoms with Crippen LogP contribution in [0.4, 0.5) is 0 Å². The first kappa shape index (κ1) is 22.5. The SMILES string of the molecule is C[C@@H](C(=O)N1CCOCC1)N1CCC(NS(=O)(=O)CCCc2ccc(Cl)s2)C1=O. The highest BCUT2D eigenvalue weighted by molar-refractivity contribution is 7.89. The molecule has 0 saturated carbocycles. The van der Waals surface area contributed by atoms with Crippen molar-refractivity contribution in [3.05, 3.63) is 21.3 Å². The largest absolute Gasteiger partial charge is 0.378 e.